The summed E-state index contributed by atoms with van der Waals surface area (Å²) in [5.74, 6) is 1.07. The van der Waals surface area contributed by atoms with Crippen LogP contribution in [0.25, 0.3) is 10.6 Å². The quantitative estimate of drug-likeness (QED) is 0.893. The molecule has 0 bridgehead atoms. The smallest absolute Gasteiger partial charge is 0.123 e. The van der Waals surface area contributed by atoms with Crippen molar-refractivity contribution in [1.82, 2.24) is 15.3 Å². The van der Waals surface area contributed by atoms with Crippen LogP contribution in [0.1, 0.15) is 24.7 Å². The van der Waals surface area contributed by atoms with E-state index in [1.807, 2.05) is 6.20 Å². The molecule has 1 aliphatic heterocycles. The van der Waals surface area contributed by atoms with Crippen LogP contribution in [-0.4, -0.2) is 16.5 Å². The highest BCUT2D eigenvalue weighted by Gasteiger charge is 2.19. The molecule has 0 amide bonds. The van der Waals surface area contributed by atoms with Crippen molar-refractivity contribution in [2.24, 2.45) is 0 Å². The van der Waals surface area contributed by atoms with Gasteiger partial charge in [-0.2, -0.15) is 0 Å². The Kier molecular flexibility index (Phi) is 2.83. The number of nitrogens with zero attached hydrogens (tertiary/aromatic N) is 1. The lowest BCUT2D eigenvalue weighted by molar-refractivity contribution is 0.613. The lowest BCUT2D eigenvalue weighted by Crippen LogP contribution is -2.14. The molecule has 84 valence electrons. The van der Waals surface area contributed by atoms with Crippen LogP contribution >= 0.6 is 27.3 Å². The topological polar surface area (TPSA) is 40.7 Å². The van der Waals surface area contributed by atoms with Gasteiger partial charge in [0.25, 0.3) is 0 Å². The fourth-order valence-corrected chi connectivity index (χ4v) is 3.37. The zero-order valence-corrected chi connectivity index (χ0v) is 11.1. The molecule has 0 radical (unpaired) electrons. The summed E-state index contributed by atoms with van der Waals surface area (Å²) in [4.78, 5) is 9.08. The number of halogens is 1. The van der Waals surface area contributed by atoms with E-state index in [1.54, 1.807) is 11.3 Å². The Balaban J connectivity index is 1.87. The van der Waals surface area contributed by atoms with E-state index in [9.17, 15) is 0 Å². The summed E-state index contributed by atoms with van der Waals surface area (Å²) in [5, 5.41) is 3.44. The molecule has 3 nitrogen and oxygen atoms in total. The number of aromatic amines is 1. The molecule has 5 heteroatoms. The number of rotatable bonds is 2. The molecule has 0 aromatic carbocycles. The molecular formula is C11H12BrN3S. The third-order valence-electron chi connectivity index (χ3n) is 2.82. The van der Waals surface area contributed by atoms with E-state index in [0.717, 1.165) is 21.8 Å². The molecule has 3 heterocycles. The monoisotopic (exact) mass is 297 g/mol. The minimum absolute atomic E-state index is 0.414. The van der Waals surface area contributed by atoms with Crippen molar-refractivity contribution in [3.63, 3.8) is 0 Å². The van der Waals surface area contributed by atoms with Gasteiger partial charge >= 0.3 is 0 Å². The number of nitrogens with one attached hydrogen (secondary N) is 2. The van der Waals surface area contributed by atoms with Gasteiger partial charge in [0, 0.05) is 0 Å². The molecule has 3 rings (SSSR count). The Morgan fingerprint density at radius 2 is 2.38 bits per heavy atom. The standard InChI is InChI=1S/C11H12BrN3S/c12-10-4-3-9(16-10)8-6-14-11(15-8)7-2-1-5-13-7/h3-4,6-7,13H,1-2,5H2,(H,14,15)/t7-/m0/s1. The van der Waals surface area contributed by atoms with E-state index in [-0.39, 0.29) is 0 Å². The first-order valence-electron chi connectivity index (χ1n) is 5.37. The Morgan fingerprint density at radius 3 is 3.06 bits per heavy atom. The summed E-state index contributed by atoms with van der Waals surface area (Å²) in [6.07, 6.45) is 4.35. The first kappa shape index (κ1) is 10.5. The van der Waals surface area contributed by atoms with Crippen molar-refractivity contribution in [2.75, 3.05) is 6.54 Å². The second-order valence-corrected chi connectivity index (χ2v) is 6.40. The lowest BCUT2D eigenvalue weighted by atomic mass is 10.2. The second kappa shape index (κ2) is 4.31. The van der Waals surface area contributed by atoms with Crippen molar-refractivity contribution in [3.8, 4) is 10.6 Å². The zero-order chi connectivity index (χ0) is 11.0. The summed E-state index contributed by atoms with van der Waals surface area (Å²) >= 11 is 5.20. The average molecular weight is 298 g/mol. The maximum Gasteiger partial charge on any atom is 0.123 e. The number of hydrogen-bond acceptors (Lipinski definition) is 3. The molecule has 0 aliphatic carbocycles. The minimum Gasteiger partial charge on any atom is -0.340 e. The minimum atomic E-state index is 0.414. The van der Waals surface area contributed by atoms with E-state index < -0.39 is 0 Å². The van der Waals surface area contributed by atoms with Crippen molar-refractivity contribution >= 4 is 27.3 Å². The van der Waals surface area contributed by atoms with Gasteiger partial charge in [-0.25, -0.2) is 4.98 Å². The highest BCUT2D eigenvalue weighted by atomic mass is 79.9. The van der Waals surface area contributed by atoms with Crippen molar-refractivity contribution in [1.29, 1.82) is 0 Å². The van der Waals surface area contributed by atoms with Crippen LogP contribution in [0.5, 0.6) is 0 Å². The number of H-pyrrole nitrogens is 1. The van der Waals surface area contributed by atoms with Gasteiger partial charge in [0.05, 0.1) is 26.6 Å². The van der Waals surface area contributed by atoms with Gasteiger partial charge in [0.2, 0.25) is 0 Å². The highest BCUT2D eigenvalue weighted by molar-refractivity contribution is 9.11. The van der Waals surface area contributed by atoms with Gasteiger partial charge in [0.1, 0.15) is 5.82 Å². The van der Waals surface area contributed by atoms with Gasteiger partial charge in [-0.3, -0.25) is 0 Å². The first-order chi connectivity index (χ1) is 7.83. The van der Waals surface area contributed by atoms with Crippen LogP contribution in [0.15, 0.2) is 22.1 Å². The van der Waals surface area contributed by atoms with Crippen LogP contribution < -0.4 is 5.32 Å². The van der Waals surface area contributed by atoms with Gasteiger partial charge in [-0.15, -0.1) is 11.3 Å². The SMILES string of the molecule is Brc1ccc(-c2cnc([C@@H]3CCCN3)[nH]2)s1. The Bertz CT molecular complexity index is 485. The predicted octanol–water partition coefficient (Wildman–Crippen LogP) is 3.33. The van der Waals surface area contributed by atoms with Crippen LogP contribution in [0.3, 0.4) is 0 Å². The van der Waals surface area contributed by atoms with Crippen molar-refractivity contribution < 1.29 is 0 Å². The molecule has 2 aromatic heterocycles. The summed E-state index contributed by atoms with van der Waals surface area (Å²) in [6, 6.07) is 4.58. The molecule has 1 fully saturated rings. The van der Waals surface area contributed by atoms with Crippen LogP contribution in [0.4, 0.5) is 0 Å². The Morgan fingerprint density at radius 1 is 1.44 bits per heavy atom. The van der Waals surface area contributed by atoms with Gasteiger partial charge in [-0.05, 0) is 47.4 Å². The summed E-state index contributed by atoms with van der Waals surface area (Å²) in [6.45, 7) is 1.10. The molecule has 0 unspecified atom stereocenters. The van der Waals surface area contributed by atoms with Gasteiger partial charge < -0.3 is 10.3 Å². The lowest BCUT2D eigenvalue weighted by Gasteiger charge is -2.04. The molecule has 1 atom stereocenters. The van der Waals surface area contributed by atoms with Crippen molar-refractivity contribution in [2.45, 2.75) is 18.9 Å². The number of imidazole rings is 1. The van der Waals surface area contributed by atoms with Crippen molar-refractivity contribution in [3.05, 3.63) is 27.9 Å². The molecule has 1 aliphatic rings. The normalized spacial score (nSPS) is 20.4. The van der Waals surface area contributed by atoms with E-state index in [0.29, 0.717) is 6.04 Å². The molecule has 16 heavy (non-hydrogen) atoms. The molecule has 0 spiro atoms. The third-order valence-corrected chi connectivity index (χ3v) is 4.48. The molecule has 1 saturated heterocycles. The van der Waals surface area contributed by atoms with E-state index in [1.165, 1.54) is 17.7 Å². The number of thiophene rings is 1. The molecule has 0 saturated carbocycles. The van der Waals surface area contributed by atoms with E-state index in [4.69, 9.17) is 0 Å². The molecule has 2 N–H and O–H groups in total. The highest BCUT2D eigenvalue weighted by Crippen LogP contribution is 2.31. The van der Waals surface area contributed by atoms with Gasteiger partial charge in [0.15, 0.2) is 0 Å². The predicted molar refractivity (Wildman–Crippen MR) is 69.6 cm³/mol. The van der Waals surface area contributed by atoms with Gasteiger partial charge in [-0.1, -0.05) is 0 Å². The maximum absolute atomic E-state index is 4.46. The molecular weight excluding hydrogens is 286 g/mol. The summed E-state index contributed by atoms with van der Waals surface area (Å²) in [7, 11) is 0. The summed E-state index contributed by atoms with van der Waals surface area (Å²) in [5.41, 5.74) is 1.11. The number of aromatic nitrogens is 2. The fraction of sp³-hybridized carbons (Fsp3) is 0.364. The Hall–Kier alpha value is -0.650. The van der Waals surface area contributed by atoms with E-state index >= 15 is 0 Å². The fourth-order valence-electron chi connectivity index (χ4n) is 2.02. The van der Waals surface area contributed by atoms with Crippen LogP contribution in [0.2, 0.25) is 0 Å². The first-order valence-corrected chi connectivity index (χ1v) is 6.98. The van der Waals surface area contributed by atoms with Crippen LogP contribution in [0, 0.1) is 0 Å². The maximum atomic E-state index is 4.46. The zero-order valence-electron chi connectivity index (χ0n) is 8.66. The third kappa shape index (κ3) is 1.95. The Labute approximate surface area is 106 Å². The van der Waals surface area contributed by atoms with Crippen LogP contribution in [-0.2, 0) is 0 Å². The second-order valence-electron chi connectivity index (χ2n) is 3.93. The van der Waals surface area contributed by atoms with E-state index in [2.05, 4.69) is 43.3 Å². The summed E-state index contributed by atoms with van der Waals surface area (Å²) < 4.78 is 1.15. The average Bonchev–Trinajstić information content (AvgIpc) is 2.97. The molecule has 2 aromatic rings. The largest absolute Gasteiger partial charge is 0.340 e. The number of hydrogen-bond donors (Lipinski definition) is 2.